The zero-order valence-corrected chi connectivity index (χ0v) is 10.4. The fraction of sp³-hybridized carbons (Fsp3) is 0.500. The summed E-state index contributed by atoms with van der Waals surface area (Å²) in [6.45, 7) is 4.12. The van der Waals surface area contributed by atoms with Gasteiger partial charge in [0.15, 0.2) is 0 Å². The lowest BCUT2D eigenvalue weighted by Crippen LogP contribution is -2.44. The minimum atomic E-state index is -0.771. The number of carbonyl (C=O) groups is 1. The lowest BCUT2D eigenvalue weighted by molar-refractivity contribution is -0.142. The average molecular weight is 233 g/mol. The van der Waals surface area contributed by atoms with E-state index < -0.39 is 11.5 Å². The van der Waals surface area contributed by atoms with Crippen molar-refractivity contribution in [3.63, 3.8) is 0 Å². The number of hydrogen-bond acceptors (Lipinski definition) is 2. The lowest BCUT2D eigenvalue weighted by Gasteiger charge is -2.27. The van der Waals surface area contributed by atoms with Crippen molar-refractivity contribution in [1.82, 2.24) is 0 Å². The molecule has 0 bridgehead atoms. The number of carboxylic acids is 1. The number of aryl methyl sites for hydroxylation is 1. The largest absolute Gasteiger partial charge is 0.480 e. The number of aliphatic carboxylic acids is 1. The summed E-state index contributed by atoms with van der Waals surface area (Å²) < 4.78 is 0. The minimum absolute atomic E-state index is 0.475. The monoisotopic (exact) mass is 233 g/mol. The SMILES string of the molecule is Cc1cccc(NC2(C(=O)O)CCC(C)C2)c1. The summed E-state index contributed by atoms with van der Waals surface area (Å²) >= 11 is 0. The molecule has 0 spiro atoms. The zero-order valence-electron chi connectivity index (χ0n) is 10.4. The molecule has 0 aromatic heterocycles. The highest BCUT2D eigenvalue weighted by atomic mass is 16.4. The molecular weight excluding hydrogens is 214 g/mol. The predicted octanol–water partition coefficient (Wildman–Crippen LogP) is 3.05. The van der Waals surface area contributed by atoms with Crippen LogP contribution in [0.4, 0.5) is 5.69 Å². The van der Waals surface area contributed by atoms with E-state index in [9.17, 15) is 9.90 Å². The molecule has 92 valence electrons. The van der Waals surface area contributed by atoms with Crippen LogP contribution < -0.4 is 5.32 Å². The normalized spacial score (nSPS) is 28.0. The molecule has 1 aliphatic rings. The lowest BCUT2D eigenvalue weighted by atomic mass is 9.95. The van der Waals surface area contributed by atoms with Gasteiger partial charge in [-0.25, -0.2) is 4.79 Å². The van der Waals surface area contributed by atoms with Crippen molar-refractivity contribution in [3.8, 4) is 0 Å². The van der Waals surface area contributed by atoms with Crippen molar-refractivity contribution >= 4 is 11.7 Å². The molecule has 0 aliphatic heterocycles. The van der Waals surface area contributed by atoms with Crippen molar-refractivity contribution in [3.05, 3.63) is 29.8 Å². The summed E-state index contributed by atoms with van der Waals surface area (Å²) in [5.74, 6) is -0.258. The highest BCUT2D eigenvalue weighted by molar-refractivity contribution is 5.83. The molecule has 1 aromatic carbocycles. The Labute approximate surface area is 102 Å². The van der Waals surface area contributed by atoms with Gasteiger partial charge < -0.3 is 10.4 Å². The van der Waals surface area contributed by atoms with Gasteiger partial charge >= 0.3 is 5.97 Å². The first-order valence-corrected chi connectivity index (χ1v) is 6.10. The standard InChI is InChI=1S/C14H19NO2/c1-10-4-3-5-12(8-10)15-14(13(16)17)7-6-11(2)9-14/h3-5,8,11,15H,6-7,9H2,1-2H3,(H,16,17). The number of rotatable bonds is 3. The minimum Gasteiger partial charge on any atom is -0.480 e. The Balaban J connectivity index is 2.22. The molecule has 1 saturated carbocycles. The van der Waals surface area contributed by atoms with E-state index in [1.165, 1.54) is 0 Å². The van der Waals surface area contributed by atoms with Crippen molar-refractivity contribution in [2.75, 3.05) is 5.32 Å². The highest BCUT2D eigenvalue weighted by Gasteiger charge is 2.44. The molecule has 2 unspecified atom stereocenters. The van der Waals surface area contributed by atoms with Gasteiger partial charge in [0.2, 0.25) is 0 Å². The summed E-state index contributed by atoms with van der Waals surface area (Å²) in [6.07, 6.45) is 2.39. The van der Waals surface area contributed by atoms with Gasteiger partial charge in [-0.05, 0) is 49.8 Å². The molecule has 1 aromatic rings. The van der Waals surface area contributed by atoms with Crippen LogP contribution in [0.15, 0.2) is 24.3 Å². The molecule has 1 fully saturated rings. The quantitative estimate of drug-likeness (QED) is 0.843. The molecule has 2 atom stereocenters. The average Bonchev–Trinajstić information content (AvgIpc) is 2.61. The van der Waals surface area contributed by atoms with Gasteiger partial charge in [0.25, 0.3) is 0 Å². The summed E-state index contributed by atoms with van der Waals surface area (Å²) in [5.41, 5.74) is 1.27. The fourth-order valence-corrected chi connectivity index (χ4v) is 2.65. The maximum absolute atomic E-state index is 11.5. The second-order valence-electron chi connectivity index (χ2n) is 5.23. The van der Waals surface area contributed by atoms with Crippen LogP contribution in [0.2, 0.25) is 0 Å². The van der Waals surface area contributed by atoms with E-state index in [-0.39, 0.29) is 0 Å². The third-order valence-corrected chi connectivity index (χ3v) is 3.57. The Morgan fingerprint density at radius 3 is 2.82 bits per heavy atom. The van der Waals surface area contributed by atoms with Crippen LogP contribution in [0, 0.1) is 12.8 Å². The second kappa shape index (κ2) is 4.40. The van der Waals surface area contributed by atoms with Crippen LogP contribution in [0.1, 0.15) is 31.7 Å². The molecular formula is C14H19NO2. The predicted molar refractivity (Wildman–Crippen MR) is 68.2 cm³/mol. The van der Waals surface area contributed by atoms with Crippen LogP contribution in [0.5, 0.6) is 0 Å². The maximum atomic E-state index is 11.5. The molecule has 0 saturated heterocycles. The van der Waals surface area contributed by atoms with Gasteiger partial charge in [-0.1, -0.05) is 19.1 Å². The van der Waals surface area contributed by atoms with Crippen LogP contribution in [-0.2, 0) is 4.79 Å². The van der Waals surface area contributed by atoms with E-state index in [4.69, 9.17) is 0 Å². The van der Waals surface area contributed by atoms with Gasteiger partial charge in [0, 0.05) is 5.69 Å². The molecule has 3 nitrogen and oxygen atoms in total. The molecule has 3 heteroatoms. The molecule has 0 radical (unpaired) electrons. The molecule has 2 rings (SSSR count). The smallest absolute Gasteiger partial charge is 0.329 e. The molecule has 1 aliphatic carbocycles. The summed E-state index contributed by atoms with van der Waals surface area (Å²) in [7, 11) is 0. The van der Waals surface area contributed by atoms with Crippen LogP contribution in [0.3, 0.4) is 0 Å². The van der Waals surface area contributed by atoms with Gasteiger partial charge in [-0.3, -0.25) is 0 Å². The first-order valence-electron chi connectivity index (χ1n) is 6.10. The Hall–Kier alpha value is -1.51. The first-order chi connectivity index (χ1) is 8.02. The number of nitrogens with one attached hydrogen (secondary N) is 1. The molecule has 17 heavy (non-hydrogen) atoms. The Bertz CT molecular complexity index is 430. The summed E-state index contributed by atoms with van der Waals surface area (Å²) in [4.78, 5) is 11.5. The van der Waals surface area contributed by atoms with Crippen molar-refractivity contribution in [1.29, 1.82) is 0 Å². The number of carboxylic acid groups (broad SMARTS) is 1. The zero-order chi connectivity index (χ0) is 12.5. The number of benzene rings is 1. The molecule has 0 amide bonds. The second-order valence-corrected chi connectivity index (χ2v) is 5.23. The summed E-state index contributed by atoms with van der Waals surface area (Å²) in [5, 5.41) is 12.7. The van der Waals surface area contributed by atoms with Gasteiger partial charge in [0.1, 0.15) is 5.54 Å². The first kappa shape index (κ1) is 12.0. The van der Waals surface area contributed by atoms with E-state index >= 15 is 0 Å². The van der Waals surface area contributed by atoms with Crippen LogP contribution >= 0.6 is 0 Å². The van der Waals surface area contributed by atoms with Gasteiger partial charge in [-0.2, -0.15) is 0 Å². The van der Waals surface area contributed by atoms with E-state index in [2.05, 4.69) is 12.2 Å². The van der Waals surface area contributed by atoms with E-state index in [0.29, 0.717) is 18.8 Å². The van der Waals surface area contributed by atoms with Gasteiger partial charge in [0.05, 0.1) is 0 Å². The van der Waals surface area contributed by atoms with Crippen LogP contribution in [0.25, 0.3) is 0 Å². The van der Waals surface area contributed by atoms with Crippen LogP contribution in [-0.4, -0.2) is 16.6 Å². The fourth-order valence-electron chi connectivity index (χ4n) is 2.65. The topological polar surface area (TPSA) is 49.3 Å². The highest BCUT2D eigenvalue weighted by Crippen LogP contribution is 2.37. The van der Waals surface area contributed by atoms with Crippen molar-refractivity contribution in [2.24, 2.45) is 5.92 Å². The molecule has 2 N–H and O–H groups in total. The number of hydrogen-bond donors (Lipinski definition) is 2. The Kier molecular flexibility index (Phi) is 3.09. The summed E-state index contributed by atoms with van der Waals surface area (Å²) in [6, 6.07) is 7.88. The van der Waals surface area contributed by atoms with E-state index in [1.807, 2.05) is 31.2 Å². The van der Waals surface area contributed by atoms with Gasteiger partial charge in [-0.15, -0.1) is 0 Å². The van der Waals surface area contributed by atoms with E-state index in [1.54, 1.807) is 0 Å². The van der Waals surface area contributed by atoms with Crippen molar-refractivity contribution in [2.45, 2.75) is 38.6 Å². The van der Waals surface area contributed by atoms with E-state index in [0.717, 1.165) is 17.7 Å². The Morgan fingerprint density at radius 1 is 1.53 bits per heavy atom. The third kappa shape index (κ3) is 2.43. The molecule has 0 heterocycles. The third-order valence-electron chi connectivity index (χ3n) is 3.57. The number of anilines is 1. The maximum Gasteiger partial charge on any atom is 0.329 e. The Morgan fingerprint density at radius 2 is 2.29 bits per heavy atom. The van der Waals surface area contributed by atoms with Crippen molar-refractivity contribution < 1.29 is 9.90 Å².